The fraction of sp³-hybridized carbons (Fsp3) is 0.357. The van der Waals surface area contributed by atoms with E-state index in [0.29, 0.717) is 5.82 Å². The molecule has 20 heavy (non-hydrogen) atoms. The maximum absolute atomic E-state index is 11.8. The maximum Gasteiger partial charge on any atom is 0.316 e. The van der Waals surface area contributed by atoms with Gasteiger partial charge in [0.05, 0.1) is 0 Å². The number of carbonyl (C=O) groups excluding carboxylic acids is 1. The minimum absolute atomic E-state index is 0.0172. The number of carbonyl (C=O) groups is 1. The van der Waals surface area contributed by atoms with E-state index >= 15 is 0 Å². The van der Waals surface area contributed by atoms with Gasteiger partial charge in [0.1, 0.15) is 0 Å². The average molecular weight is 272 g/mol. The van der Waals surface area contributed by atoms with E-state index in [4.69, 9.17) is 4.52 Å². The summed E-state index contributed by atoms with van der Waals surface area (Å²) in [5.74, 6) is 0.149. The van der Waals surface area contributed by atoms with E-state index in [2.05, 4.69) is 15.5 Å². The van der Waals surface area contributed by atoms with E-state index in [1.807, 2.05) is 43.3 Å². The van der Waals surface area contributed by atoms with Gasteiger partial charge >= 0.3 is 11.8 Å². The molecule has 1 amide bonds. The van der Waals surface area contributed by atoms with Crippen molar-refractivity contribution in [2.24, 2.45) is 0 Å². The highest BCUT2D eigenvalue weighted by Gasteiger charge is 2.26. The van der Waals surface area contributed by atoms with Crippen LogP contribution in [0, 0.1) is 0 Å². The van der Waals surface area contributed by atoms with Crippen LogP contribution >= 0.6 is 0 Å². The number of benzene rings is 1. The van der Waals surface area contributed by atoms with E-state index in [1.54, 1.807) is 0 Å². The molecule has 0 spiro atoms. The Hall–Kier alpha value is -2.37. The molecule has 0 bridgehead atoms. The molecule has 2 aromatic rings. The van der Waals surface area contributed by atoms with Crippen molar-refractivity contribution in [3.63, 3.8) is 0 Å². The summed E-state index contributed by atoms with van der Waals surface area (Å²) >= 11 is 0. The third kappa shape index (κ3) is 2.64. The molecule has 1 heterocycles. The van der Waals surface area contributed by atoms with Gasteiger partial charge in [-0.05, 0) is 37.1 Å². The van der Waals surface area contributed by atoms with Crippen LogP contribution in [0.3, 0.4) is 0 Å². The van der Waals surface area contributed by atoms with Crippen LogP contribution in [-0.2, 0) is 0 Å². The smallest absolute Gasteiger partial charge is 0.316 e. The van der Waals surface area contributed by atoms with E-state index in [0.717, 1.165) is 24.1 Å². The predicted molar refractivity (Wildman–Crippen MR) is 74.5 cm³/mol. The van der Waals surface area contributed by atoms with Crippen LogP contribution in [0.5, 0.6) is 0 Å². The minimum atomic E-state index is -0.295. The fourth-order valence-corrected chi connectivity index (χ4v) is 1.82. The van der Waals surface area contributed by atoms with Crippen molar-refractivity contribution in [1.29, 1.82) is 0 Å². The van der Waals surface area contributed by atoms with Crippen molar-refractivity contribution < 1.29 is 9.32 Å². The van der Waals surface area contributed by atoms with Crippen molar-refractivity contribution in [2.75, 3.05) is 19.0 Å². The molecular weight excluding hydrogens is 256 g/mol. The van der Waals surface area contributed by atoms with Gasteiger partial charge in [-0.15, -0.1) is 0 Å². The van der Waals surface area contributed by atoms with E-state index in [-0.39, 0.29) is 17.8 Å². The van der Waals surface area contributed by atoms with Crippen LogP contribution in [0.15, 0.2) is 28.8 Å². The quantitative estimate of drug-likeness (QED) is 0.917. The Morgan fingerprint density at radius 1 is 1.30 bits per heavy atom. The molecule has 0 radical (unpaired) electrons. The topological polar surface area (TPSA) is 71.3 Å². The van der Waals surface area contributed by atoms with Crippen LogP contribution in [0.4, 0.5) is 5.69 Å². The SMILES string of the molecule is CN(C)c1ccc(-c2noc(C(=O)NC3CC3)n2)cc1. The Bertz CT molecular complexity index is 614. The molecule has 6 heteroatoms. The Morgan fingerprint density at radius 2 is 2.00 bits per heavy atom. The highest BCUT2D eigenvalue weighted by molar-refractivity contribution is 5.90. The van der Waals surface area contributed by atoms with Gasteiger partial charge in [0, 0.05) is 31.4 Å². The number of nitrogens with zero attached hydrogens (tertiary/aromatic N) is 3. The first kappa shape index (κ1) is 12.7. The molecule has 1 aromatic carbocycles. The molecule has 0 aliphatic heterocycles. The van der Waals surface area contributed by atoms with Crippen LogP contribution < -0.4 is 10.2 Å². The Kier molecular flexibility index (Phi) is 3.14. The number of anilines is 1. The van der Waals surface area contributed by atoms with Crippen LogP contribution in [0.1, 0.15) is 23.5 Å². The largest absolute Gasteiger partial charge is 0.378 e. The molecule has 0 atom stereocenters. The van der Waals surface area contributed by atoms with E-state index < -0.39 is 0 Å². The third-order valence-electron chi connectivity index (χ3n) is 3.17. The first-order chi connectivity index (χ1) is 9.63. The standard InChI is InChI=1S/C14H16N4O2/c1-18(2)11-7-3-9(4-8-11)12-16-14(20-17-12)13(19)15-10-5-6-10/h3-4,7-8,10H,5-6H2,1-2H3,(H,15,19). The van der Waals surface area contributed by atoms with Crippen molar-refractivity contribution in [3.8, 4) is 11.4 Å². The Balaban J connectivity index is 1.76. The Morgan fingerprint density at radius 3 is 2.60 bits per heavy atom. The van der Waals surface area contributed by atoms with Crippen LogP contribution in [0.2, 0.25) is 0 Å². The summed E-state index contributed by atoms with van der Waals surface area (Å²) in [7, 11) is 3.95. The Labute approximate surface area is 116 Å². The van der Waals surface area contributed by atoms with Gasteiger partial charge in [-0.3, -0.25) is 4.79 Å². The molecule has 1 fully saturated rings. The molecule has 3 rings (SSSR count). The zero-order chi connectivity index (χ0) is 14.1. The lowest BCUT2D eigenvalue weighted by atomic mass is 10.2. The van der Waals surface area contributed by atoms with Gasteiger partial charge in [-0.1, -0.05) is 5.16 Å². The lowest BCUT2D eigenvalue weighted by Gasteiger charge is -2.11. The van der Waals surface area contributed by atoms with Gasteiger partial charge < -0.3 is 14.7 Å². The summed E-state index contributed by atoms with van der Waals surface area (Å²) in [5, 5.41) is 6.67. The summed E-state index contributed by atoms with van der Waals surface area (Å²) < 4.78 is 5.00. The number of hydrogen-bond donors (Lipinski definition) is 1. The number of nitrogens with one attached hydrogen (secondary N) is 1. The lowest BCUT2D eigenvalue weighted by molar-refractivity contribution is 0.0907. The average Bonchev–Trinajstić information content (AvgIpc) is 3.11. The summed E-state index contributed by atoms with van der Waals surface area (Å²) in [6.07, 6.45) is 2.05. The van der Waals surface area contributed by atoms with Gasteiger partial charge in [-0.25, -0.2) is 0 Å². The summed E-state index contributed by atoms with van der Waals surface area (Å²) in [4.78, 5) is 17.9. The fourth-order valence-electron chi connectivity index (χ4n) is 1.82. The molecular formula is C14H16N4O2. The number of rotatable bonds is 4. The minimum Gasteiger partial charge on any atom is -0.378 e. The zero-order valence-electron chi connectivity index (χ0n) is 11.5. The second-order valence-electron chi connectivity index (χ2n) is 5.11. The van der Waals surface area contributed by atoms with Crippen molar-refractivity contribution >= 4 is 11.6 Å². The molecule has 0 unspecified atom stereocenters. The second-order valence-corrected chi connectivity index (χ2v) is 5.11. The molecule has 1 aliphatic rings. The number of amides is 1. The molecule has 1 aliphatic carbocycles. The first-order valence-electron chi connectivity index (χ1n) is 6.56. The summed E-state index contributed by atoms with van der Waals surface area (Å²) in [6.45, 7) is 0. The highest BCUT2D eigenvalue weighted by Crippen LogP contribution is 2.21. The van der Waals surface area contributed by atoms with E-state index in [9.17, 15) is 4.79 Å². The van der Waals surface area contributed by atoms with Crippen molar-refractivity contribution in [2.45, 2.75) is 18.9 Å². The van der Waals surface area contributed by atoms with Crippen molar-refractivity contribution in [3.05, 3.63) is 30.2 Å². The predicted octanol–water partition coefficient (Wildman–Crippen LogP) is 1.69. The lowest BCUT2D eigenvalue weighted by Crippen LogP contribution is -2.25. The zero-order valence-corrected chi connectivity index (χ0v) is 11.5. The first-order valence-corrected chi connectivity index (χ1v) is 6.56. The molecule has 1 aromatic heterocycles. The monoisotopic (exact) mass is 272 g/mol. The second kappa shape index (κ2) is 4.96. The maximum atomic E-state index is 11.8. The number of hydrogen-bond acceptors (Lipinski definition) is 5. The van der Waals surface area contributed by atoms with Crippen LogP contribution in [0.25, 0.3) is 11.4 Å². The van der Waals surface area contributed by atoms with Gasteiger partial charge in [-0.2, -0.15) is 4.98 Å². The normalized spacial score (nSPS) is 14.1. The molecule has 1 N–H and O–H groups in total. The van der Waals surface area contributed by atoms with E-state index in [1.165, 1.54) is 0 Å². The van der Waals surface area contributed by atoms with Gasteiger partial charge in [0.25, 0.3) is 0 Å². The highest BCUT2D eigenvalue weighted by atomic mass is 16.5. The molecule has 104 valence electrons. The molecule has 6 nitrogen and oxygen atoms in total. The summed E-state index contributed by atoms with van der Waals surface area (Å²) in [6, 6.07) is 8.02. The van der Waals surface area contributed by atoms with Gasteiger partial charge in [0.15, 0.2) is 0 Å². The van der Waals surface area contributed by atoms with Gasteiger partial charge in [0.2, 0.25) is 5.82 Å². The van der Waals surface area contributed by atoms with Crippen LogP contribution in [-0.4, -0.2) is 36.2 Å². The molecule has 1 saturated carbocycles. The van der Waals surface area contributed by atoms with Crippen molar-refractivity contribution in [1.82, 2.24) is 15.5 Å². The number of aromatic nitrogens is 2. The summed E-state index contributed by atoms with van der Waals surface area (Å²) in [5.41, 5.74) is 1.91. The third-order valence-corrected chi connectivity index (χ3v) is 3.17. The molecule has 0 saturated heterocycles.